The number of benzene rings is 1. The maximum Gasteiger partial charge on any atom is 0.255 e. The number of amides is 1. The summed E-state index contributed by atoms with van der Waals surface area (Å²) in [6.45, 7) is 4.17. The molecule has 1 amide bonds. The lowest BCUT2D eigenvalue weighted by Gasteiger charge is -2.26. The average molecular weight is 452 g/mol. The summed E-state index contributed by atoms with van der Waals surface area (Å²) in [5.74, 6) is 0.115. The number of rotatable bonds is 6. The molecular weight excluding hydrogens is 421 g/mol. The van der Waals surface area contributed by atoms with Crippen LogP contribution >= 0.6 is 0 Å². The van der Waals surface area contributed by atoms with Gasteiger partial charge in [-0.2, -0.15) is 0 Å². The van der Waals surface area contributed by atoms with Crippen molar-refractivity contribution in [1.82, 2.24) is 20.3 Å². The van der Waals surface area contributed by atoms with Gasteiger partial charge in [-0.25, -0.2) is 14.4 Å². The van der Waals surface area contributed by atoms with E-state index in [2.05, 4.69) is 20.3 Å². The van der Waals surface area contributed by atoms with Crippen molar-refractivity contribution in [2.75, 3.05) is 6.61 Å². The second-order valence-electron chi connectivity index (χ2n) is 9.53. The average Bonchev–Trinajstić information content (AvgIpc) is 3.53. The van der Waals surface area contributed by atoms with E-state index in [1.54, 1.807) is 0 Å². The molecule has 3 aromatic rings. The van der Waals surface area contributed by atoms with E-state index in [1.165, 1.54) is 12.4 Å². The molecule has 1 aromatic carbocycles. The highest BCUT2D eigenvalue weighted by Gasteiger charge is 2.27. The van der Waals surface area contributed by atoms with Crippen LogP contribution in [0.5, 0.6) is 5.75 Å². The van der Waals surface area contributed by atoms with Crippen molar-refractivity contribution in [3.05, 3.63) is 41.1 Å². The van der Waals surface area contributed by atoms with Crippen LogP contribution in [0.25, 0.3) is 22.3 Å². The van der Waals surface area contributed by atoms with Gasteiger partial charge in [0.15, 0.2) is 11.6 Å². The standard InChI is InChI=1S/C25H30FN5O2/c1-13-9-18(24(19(26)10-13)33-11-15-3-4-15)21-23-22(29-12-28-21)20(14(2)30-23)25(32)31-17-7-5-16(27)6-8-17/h9-10,12,15-17,30H,3-8,11,27H2,1-2H3,(H,31,32). The largest absolute Gasteiger partial charge is 0.490 e. The Labute approximate surface area is 192 Å². The third-order valence-corrected chi connectivity index (χ3v) is 6.71. The van der Waals surface area contributed by atoms with Crippen molar-refractivity contribution < 1.29 is 13.9 Å². The summed E-state index contributed by atoms with van der Waals surface area (Å²) in [6, 6.07) is 3.67. The smallest absolute Gasteiger partial charge is 0.255 e. The molecule has 0 unspecified atom stereocenters. The number of H-pyrrole nitrogens is 1. The van der Waals surface area contributed by atoms with Gasteiger partial charge in [-0.05, 0) is 76.0 Å². The molecule has 0 aliphatic heterocycles. The van der Waals surface area contributed by atoms with E-state index in [1.807, 2.05) is 19.9 Å². The Morgan fingerprint density at radius 3 is 2.67 bits per heavy atom. The molecule has 0 spiro atoms. The van der Waals surface area contributed by atoms with E-state index in [0.29, 0.717) is 46.1 Å². The number of nitrogens with zero attached hydrogens (tertiary/aromatic N) is 2. The zero-order chi connectivity index (χ0) is 23.1. The summed E-state index contributed by atoms with van der Waals surface area (Å²) >= 11 is 0. The third kappa shape index (κ3) is 4.44. The Morgan fingerprint density at radius 2 is 1.94 bits per heavy atom. The monoisotopic (exact) mass is 451 g/mol. The highest BCUT2D eigenvalue weighted by molar-refractivity contribution is 6.09. The van der Waals surface area contributed by atoms with Crippen molar-refractivity contribution in [2.24, 2.45) is 11.7 Å². The summed E-state index contributed by atoms with van der Waals surface area (Å²) in [7, 11) is 0. The van der Waals surface area contributed by atoms with Crippen molar-refractivity contribution in [2.45, 2.75) is 64.5 Å². The van der Waals surface area contributed by atoms with Crippen molar-refractivity contribution in [1.29, 1.82) is 0 Å². The molecule has 2 aliphatic carbocycles. The number of nitrogens with two attached hydrogens (primary N) is 1. The second-order valence-corrected chi connectivity index (χ2v) is 9.53. The van der Waals surface area contributed by atoms with Crippen molar-refractivity contribution in [3.63, 3.8) is 0 Å². The second kappa shape index (κ2) is 8.74. The van der Waals surface area contributed by atoms with Gasteiger partial charge in [-0.1, -0.05) is 0 Å². The van der Waals surface area contributed by atoms with E-state index in [9.17, 15) is 9.18 Å². The van der Waals surface area contributed by atoms with Gasteiger partial charge in [0.1, 0.15) is 17.5 Å². The first-order valence-electron chi connectivity index (χ1n) is 11.7. The minimum atomic E-state index is -0.408. The predicted molar refractivity (Wildman–Crippen MR) is 125 cm³/mol. The fourth-order valence-corrected chi connectivity index (χ4v) is 4.66. The number of aromatic nitrogens is 3. The number of aryl methyl sites for hydroxylation is 2. The van der Waals surface area contributed by atoms with Gasteiger partial charge < -0.3 is 20.8 Å². The highest BCUT2D eigenvalue weighted by atomic mass is 19.1. The molecule has 5 rings (SSSR count). The van der Waals surface area contributed by atoms with Gasteiger partial charge in [-0.3, -0.25) is 4.79 Å². The van der Waals surface area contributed by atoms with Crippen LogP contribution in [0, 0.1) is 25.6 Å². The van der Waals surface area contributed by atoms with E-state index in [0.717, 1.165) is 44.1 Å². The van der Waals surface area contributed by atoms with Crippen LogP contribution in [-0.4, -0.2) is 39.5 Å². The first-order chi connectivity index (χ1) is 15.9. The number of nitrogens with one attached hydrogen (secondary N) is 2. The molecule has 0 saturated heterocycles. The lowest BCUT2D eigenvalue weighted by Crippen LogP contribution is -2.40. The molecule has 2 aliphatic rings. The number of carbonyl (C=O) groups is 1. The number of fused-ring (bicyclic) bond motifs is 1. The molecule has 174 valence electrons. The van der Waals surface area contributed by atoms with Crippen LogP contribution < -0.4 is 15.8 Å². The van der Waals surface area contributed by atoms with Gasteiger partial charge in [0.05, 0.1) is 17.7 Å². The first kappa shape index (κ1) is 21.8. The maximum absolute atomic E-state index is 14.9. The van der Waals surface area contributed by atoms with E-state index in [-0.39, 0.29) is 23.7 Å². The zero-order valence-electron chi connectivity index (χ0n) is 19.1. The molecule has 0 bridgehead atoms. The molecule has 8 heteroatoms. The SMILES string of the molecule is Cc1cc(F)c(OCC2CC2)c(-c2ncnc3c(C(=O)NC4CCC(N)CC4)c(C)[nH]c23)c1. The number of hydrogen-bond donors (Lipinski definition) is 3. The fraction of sp³-hybridized carbons (Fsp3) is 0.480. The van der Waals surface area contributed by atoms with Crippen LogP contribution in [0.15, 0.2) is 18.5 Å². The first-order valence-corrected chi connectivity index (χ1v) is 11.7. The molecule has 0 radical (unpaired) electrons. The van der Waals surface area contributed by atoms with Crippen LogP contribution in [0.4, 0.5) is 4.39 Å². The molecule has 4 N–H and O–H groups in total. The minimum Gasteiger partial charge on any atom is -0.490 e. The molecular formula is C25H30FN5O2. The molecule has 33 heavy (non-hydrogen) atoms. The number of halogens is 1. The minimum absolute atomic E-state index is 0.108. The van der Waals surface area contributed by atoms with E-state index < -0.39 is 5.82 Å². The lowest BCUT2D eigenvalue weighted by atomic mass is 9.91. The van der Waals surface area contributed by atoms with Gasteiger partial charge in [0, 0.05) is 23.3 Å². The highest BCUT2D eigenvalue weighted by Crippen LogP contribution is 2.38. The topological polar surface area (TPSA) is 106 Å². The molecule has 2 heterocycles. The molecule has 2 saturated carbocycles. The van der Waals surface area contributed by atoms with Crippen LogP contribution in [0.1, 0.15) is 60.1 Å². The quantitative estimate of drug-likeness (QED) is 0.522. The van der Waals surface area contributed by atoms with Gasteiger partial charge >= 0.3 is 0 Å². The fourth-order valence-electron chi connectivity index (χ4n) is 4.66. The summed E-state index contributed by atoms with van der Waals surface area (Å²) in [6.07, 6.45) is 7.22. The predicted octanol–water partition coefficient (Wildman–Crippen LogP) is 4.17. The number of aromatic amines is 1. The number of ether oxygens (including phenoxy) is 1. The summed E-state index contributed by atoms with van der Waals surface area (Å²) in [4.78, 5) is 25.4. The third-order valence-electron chi connectivity index (χ3n) is 6.71. The van der Waals surface area contributed by atoms with Crippen molar-refractivity contribution >= 4 is 16.9 Å². The van der Waals surface area contributed by atoms with Crippen LogP contribution in [0.3, 0.4) is 0 Å². The lowest BCUT2D eigenvalue weighted by molar-refractivity contribution is 0.0927. The van der Waals surface area contributed by atoms with Gasteiger partial charge in [0.25, 0.3) is 5.91 Å². The number of carbonyl (C=O) groups excluding carboxylic acids is 1. The Hall–Kier alpha value is -3.00. The van der Waals surface area contributed by atoms with Crippen LogP contribution in [-0.2, 0) is 0 Å². The normalized spacial score (nSPS) is 20.7. The summed E-state index contributed by atoms with van der Waals surface area (Å²) in [5.41, 5.74) is 10.2. The Balaban J connectivity index is 1.52. The van der Waals surface area contributed by atoms with Gasteiger partial charge in [-0.15, -0.1) is 0 Å². The van der Waals surface area contributed by atoms with Crippen LogP contribution in [0.2, 0.25) is 0 Å². The number of hydrogen-bond acceptors (Lipinski definition) is 5. The molecule has 0 atom stereocenters. The van der Waals surface area contributed by atoms with E-state index in [4.69, 9.17) is 10.5 Å². The van der Waals surface area contributed by atoms with E-state index >= 15 is 0 Å². The molecule has 2 aromatic heterocycles. The molecule has 7 nitrogen and oxygen atoms in total. The summed E-state index contributed by atoms with van der Waals surface area (Å²) in [5, 5.41) is 3.14. The molecule has 2 fully saturated rings. The maximum atomic E-state index is 14.9. The summed E-state index contributed by atoms with van der Waals surface area (Å²) < 4.78 is 20.8. The Kier molecular flexibility index (Phi) is 5.78. The van der Waals surface area contributed by atoms with Gasteiger partial charge in [0.2, 0.25) is 0 Å². The Morgan fingerprint density at radius 1 is 1.18 bits per heavy atom. The zero-order valence-corrected chi connectivity index (χ0v) is 19.1. The Bertz CT molecular complexity index is 1200. The van der Waals surface area contributed by atoms with Crippen molar-refractivity contribution in [3.8, 4) is 17.0 Å².